The Hall–Kier alpha value is -1.86. The molecule has 0 saturated heterocycles. The Labute approximate surface area is 161 Å². The van der Waals surface area contributed by atoms with E-state index >= 15 is 0 Å². The fraction of sp³-hybridized carbons (Fsp3) is 0.421. The number of rotatable bonds is 1. The van der Waals surface area contributed by atoms with Gasteiger partial charge >= 0.3 is 0 Å². The van der Waals surface area contributed by atoms with E-state index in [-0.39, 0.29) is 23.0 Å². The number of hydrogen-bond acceptors (Lipinski definition) is 7. The molecule has 2 atom stereocenters. The van der Waals surface area contributed by atoms with Crippen LogP contribution in [0.3, 0.4) is 0 Å². The molecule has 0 amide bonds. The molecule has 2 aliphatic rings. The average Bonchev–Trinajstić information content (AvgIpc) is 3.11. The van der Waals surface area contributed by atoms with Gasteiger partial charge in [-0.1, -0.05) is 23.9 Å². The van der Waals surface area contributed by atoms with E-state index in [0.29, 0.717) is 18.6 Å². The van der Waals surface area contributed by atoms with Crippen molar-refractivity contribution in [1.29, 1.82) is 0 Å². The van der Waals surface area contributed by atoms with Gasteiger partial charge in [0.05, 0.1) is 0 Å². The molecule has 5 nitrogen and oxygen atoms in total. The quantitative estimate of drug-likeness (QED) is 0.635. The maximum atomic E-state index is 10.5. The number of thiophene rings is 1. The number of fused-ring (bicyclic) bond motifs is 1. The number of thioether (sulfide) groups is 1. The number of hydrogen-bond donors (Lipinski definition) is 3. The molecule has 2 aromatic rings. The molecule has 0 bridgehead atoms. The molecule has 2 aliphatic heterocycles. The number of benzene rings is 1. The minimum Gasteiger partial charge on any atom is -0.504 e. The van der Waals surface area contributed by atoms with Gasteiger partial charge < -0.3 is 20.3 Å². The zero-order chi connectivity index (χ0) is 18.5. The summed E-state index contributed by atoms with van der Waals surface area (Å²) >= 11 is 3.24. The molecule has 4 rings (SSSR count). The SMILES string of the molecule is CSC1=N[C@]2(C[C@H](c3cccs3)c3ccc(O)c(O)c3O2)CC(C)(C)N1. The largest absolute Gasteiger partial charge is 0.504 e. The maximum absolute atomic E-state index is 10.5. The topological polar surface area (TPSA) is 74.1 Å². The Morgan fingerprint density at radius 2 is 2.12 bits per heavy atom. The molecule has 0 radical (unpaired) electrons. The highest BCUT2D eigenvalue weighted by Gasteiger charge is 2.49. The van der Waals surface area contributed by atoms with E-state index in [1.54, 1.807) is 23.1 Å². The number of phenols is 2. The lowest BCUT2D eigenvalue weighted by Gasteiger charge is -2.47. The van der Waals surface area contributed by atoms with Crippen LogP contribution >= 0.6 is 23.1 Å². The first kappa shape index (κ1) is 17.5. The van der Waals surface area contributed by atoms with Crippen molar-refractivity contribution in [3.63, 3.8) is 0 Å². The highest BCUT2D eigenvalue weighted by molar-refractivity contribution is 8.13. The van der Waals surface area contributed by atoms with Crippen molar-refractivity contribution in [2.75, 3.05) is 6.26 Å². The van der Waals surface area contributed by atoms with E-state index in [1.807, 2.05) is 18.4 Å². The predicted molar refractivity (Wildman–Crippen MR) is 107 cm³/mol. The second kappa shape index (κ2) is 6.09. The number of nitrogens with one attached hydrogen (secondary N) is 1. The van der Waals surface area contributed by atoms with Crippen molar-refractivity contribution in [1.82, 2.24) is 5.32 Å². The van der Waals surface area contributed by atoms with Gasteiger partial charge in [-0.15, -0.1) is 11.3 Å². The molecular weight excluding hydrogens is 368 g/mol. The van der Waals surface area contributed by atoms with Crippen molar-refractivity contribution < 1.29 is 14.9 Å². The highest BCUT2D eigenvalue weighted by Crippen LogP contribution is 2.54. The Kier molecular flexibility index (Phi) is 4.11. The van der Waals surface area contributed by atoms with Crippen LogP contribution in [-0.2, 0) is 0 Å². The number of aliphatic imine (C=N–C) groups is 1. The Bertz CT molecular complexity index is 864. The number of aromatic hydroxyl groups is 2. The van der Waals surface area contributed by atoms with Crippen molar-refractivity contribution >= 4 is 28.3 Å². The van der Waals surface area contributed by atoms with Crippen LogP contribution in [0.2, 0.25) is 0 Å². The molecule has 0 fully saturated rings. The second-order valence-electron chi connectivity index (χ2n) is 7.48. The zero-order valence-electron chi connectivity index (χ0n) is 14.9. The average molecular weight is 391 g/mol. The summed E-state index contributed by atoms with van der Waals surface area (Å²) in [5.74, 6) is 0.0240. The number of nitrogens with zero attached hydrogens (tertiary/aromatic N) is 1. The van der Waals surface area contributed by atoms with Gasteiger partial charge in [0.15, 0.2) is 16.7 Å². The second-order valence-corrected chi connectivity index (χ2v) is 9.25. The lowest BCUT2D eigenvalue weighted by Crippen LogP contribution is -2.56. The first-order valence-electron chi connectivity index (χ1n) is 8.52. The van der Waals surface area contributed by atoms with E-state index in [0.717, 1.165) is 10.7 Å². The third-order valence-electron chi connectivity index (χ3n) is 4.88. The summed E-state index contributed by atoms with van der Waals surface area (Å²) in [7, 11) is 0. The van der Waals surface area contributed by atoms with E-state index < -0.39 is 5.72 Å². The monoisotopic (exact) mass is 390 g/mol. The summed E-state index contributed by atoms with van der Waals surface area (Å²) in [5.41, 5.74) is -0.0741. The summed E-state index contributed by atoms with van der Waals surface area (Å²) in [5, 5.41) is 26.8. The molecule has 0 unspecified atom stereocenters. The maximum Gasteiger partial charge on any atom is 0.206 e. The van der Waals surface area contributed by atoms with Gasteiger partial charge in [-0.2, -0.15) is 0 Å². The smallest absolute Gasteiger partial charge is 0.206 e. The summed E-state index contributed by atoms with van der Waals surface area (Å²) in [6.07, 6.45) is 3.35. The molecule has 7 heteroatoms. The Balaban J connectivity index is 1.88. The Morgan fingerprint density at radius 1 is 1.31 bits per heavy atom. The first-order valence-corrected chi connectivity index (χ1v) is 10.6. The highest BCUT2D eigenvalue weighted by atomic mass is 32.2. The molecule has 0 saturated carbocycles. The van der Waals surface area contributed by atoms with Crippen molar-refractivity contribution in [2.24, 2.45) is 4.99 Å². The third kappa shape index (κ3) is 2.93. The molecule has 3 heterocycles. The van der Waals surface area contributed by atoms with E-state index in [1.165, 1.54) is 10.9 Å². The number of ether oxygens (including phenoxy) is 1. The normalized spacial score (nSPS) is 26.6. The van der Waals surface area contributed by atoms with Gasteiger partial charge in [0.25, 0.3) is 0 Å². The predicted octanol–water partition coefficient (Wildman–Crippen LogP) is 4.26. The van der Waals surface area contributed by atoms with Crippen LogP contribution in [0.25, 0.3) is 0 Å². The van der Waals surface area contributed by atoms with Crippen LogP contribution in [0.1, 0.15) is 43.0 Å². The van der Waals surface area contributed by atoms with Gasteiger partial charge in [-0.25, -0.2) is 4.99 Å². The molecule has 0 aliphatic carbocycles. The van der Waals surface area contributed by atoms with Gasteiger partial charge in [0.1, 0.15) is 0 Å². The van der Waals surface area contributed by atoms with E-state index in [9.17, 15) is 10.2 Å². The van der Waals surface area contributed by atoms with Crippen LogP contribution in [-0.4, -0.2) is 32.9 Å². The molecule has 1 aromatic carbocycles. The van der Waals surface area contributed by atoms with Gasteiger partial charge in [0.2, 0.25) is 11.5 Å². The minimum atomic E-state index is -0.778. The molecular formula is C19H22N2O3S2. The third-order valence-corrected chi connectivity index (χ3v) is 6.45. The van der Waals surface area contributed by atoms with E-state index in [2.05, 4.69) is 30.6 Å². The van der Waals surface area contributed by atoms with Gasteiger partial charge in [-0.05, 0) is 37.6 Å². The van der Waals surface area contributed by atoms with Crippen molar-refractivity contribution in [2.45, 2.75) is 43.9 Å². The van der Waals surface area contributed by atoms with Gasteiger partial charge in [-0.3, -0.25) is 0 Å². The molecule has 1 spiro atoms. The molecule has 26 heavy (non-hydrogen) atoms. The summed E-state index contributed by atoms with van der Waals surface area (Å²) in [4.78, 5) is 6.08. The van der Waals surface area contributed by atoms with Crippen molar-refractivity contribution in [3.05, 3.63) is 40.1 Å². The van der Waals surface area contributed by atoms with Crippen molar-refractivity contribution in [3.8, 4) is 17.2 Å². The summed E-state index contributed by atoms with van der Waals surface area (Å²) in [6, 6.07) is 7.50. The molecule has 3 N–H and O–H groups in total. The number of amidine groups is 1. The first-order chi connectivity index (χ1) is 12.3. The minimum absolute atomic E-state index is 0.0611. The van der Waals surface area contributed by atoms with Crippen LogP contribution in [0, 0.1) is 0 Å². The summed E-state index contributed by atoms with van der Waals surface area (Å²) < 4.78 is 6.32. The Morgan fingerprint density at radius 3 is 2.81 bits per heavy atom. The molecule has 1 aromatic heterocycles. The lowest BCUT2D eigenvalue weighted by molar-refractivity contribution is 0.0111. The molecule has 138 valence electrons. The zero-order valence-corrected chi connectivity index (χ0v) is 16.6. The number of phenolic OH excluding ortho intramolecular Hbond substituents is 2. The van der Waals surface area contributed by atoms with E-state index in [4.69, 9.17) is 9.73 Å². The van der Waals surface area contributed by atoms with Crippen LogP contribution in [0.4, 0.5) is 0 Å². The van der Waals surface area contributed by atoms with Crippen LogP contribution in [0.15, 0.2) is 34.6 Å². The standard InChI is InChI=1S/C19H22N2O3S2/c1-18(2)10-19(21-17(20-18)25-3)9-12(14-5-4-8-26-14)11-6-7-13(22)15(23)16(11)24-19/h4-8,12,22-23H,9-10H2,1-3H3,(H,20,21)/t12-,19-/m0/s1. The van der Waals surface area contributed by atoms with Crippen LogP contribution in [0.5, 0.6) is 17.2 Å². The fourth-order valence-electron chi connectivity index (χ4n) is 3.91. The summed E-state index contributed by atoms with van der Waals surface area (Å²) in [6.45, 7) is 4.25. The fourth-order valence-corrected chi connectivity index (χ4v) is 5.39. The van der Waals surface area contributed by atoms with Gasteiger partial charge in [0, 0.05) is 34.7 Å². The lowest BCUT2D eigenvalue weighted by atomic mass is 9.80. The van der Waals surface area contributed by atoms with Crippen LogP contribution < -0.4 is 10.1 Å².